The summed E-state index contributed by atoms with van der Waals surface area (Å²) in [5.74, 6) is -1.65. The molecule has 20 heavy (non-hydrogen) atoms. The largest absolute Gasteiger partial charge is 0.481 e. The predicted octanol–water partition coefficient (Wildman–Crippen LogP) is 0.934. The molecule has 1 aliphatic heterocycles. The van der Waals surface area contributed by atoms with Gasteiger partial charge in [-0.3, -0.25) is 9.59 Å². The summed E-state index contributed by atoms with van der Waals surface area (Å²) in [5.41, 5.74) is 0.538. The van der Waals surface area contributed by atoms with Crippen molar-refractivity contribution < 1.29 is 19.4 Å². The molecular formula is C15H17NO4. The molecule has 0 bridgehead atoms. The normalized spacial score (nSPS) is 27.0. The van der Waals surface area contributed by atoms with Gasteiger partial charge in [-0.1, -0.05) is 30.3 Å². The fraction of sp³-hybridized carbons (Fsp3) is 0.467. The number of carbonyl (C=O) groups is 2. The highest BCUT2D eigenvalue weighted by Gasteiger charge is 2.52. The van der Waals surface area contributed by atoms with Crippen LogP contribution in [-0.2, 0) is 19.7 Å². The molecule has 2 aliphatic rings. The summed E-state index contributed by atoms with van der Waals surface area (Å²) in [6.07, 6.45) is 1.63. The Morgan fingerprint density at radius 3 is 2.50 bits per heavy atom. The number of hydrogen-bond donors (Lipinski definition) is 2. The lowest BCUT2D eigenvalue weighted by molar-refractivity contribution is -0.142. The highest BCUT2D eigenvalue weighted by molar-refractivity contribution is 5.92. The van der Waals surface area contributed by atoms with Crippen LogP contribution < -0.4 is 5.32 Å². The molecule has 1 aromatic carbocycles. The highest BCUT2D eigenvalue weighted by Crippen LogP contribution is 2.48. The van der Waals surface area contributed by atoms with Crippen LogP contribution in [0.3, 0.4) is 0 Å². The second kappa shape index (κ2) is 4.90. The first kappa shape index (κ1) is 13.1. The van der Waals surface area contributed by atoms with Crippen molar-refractivity contribution in [2.75, 3.05) is 13.2 Å². The maximum Gasteiger partial charge on any atom is 0.311 e. The molecular weight excluding hydrogens is 258 g/mol. The molecule has 5 heteroatoms. The van der Waals surface area contributed by atoms with Crippen LogP contribution in [0.1, 0.15) is 18.4 Å². The number of aliphatic carboxylic acids is 1. The molecule has 2 N–H and O–H groups in total. The van der Waals surface area contributed by atoms with Crippen LogP contribution in [0.5, 0.6) is 0 Å². The maximum absolute atomic E-state index is 12.5. The summed E-state index contributed by atoms with van der Waals surface area (Å²) in [6, 6.07) is 9.23. The van der Waals surface area contributed by atoms with Gasteiger partial charge in [-0.25, -0.2) is 0 Å². The molecule has 0 aromatic heterocycles. The summed E-state index contributed by atoms with van der Waals surface area (Å²) in [5, 5.41) is 12.0. The van der Waals surface area contributed by atoms with Gasteiger partial charge in [0.1, 0.15) is 5.92 Å². The third-order valence-corrected chi connectivity index (χ3v) is 4.23. The molecule has 106 valence electrons. The van der Waals surface area contributed by atoms with Crippen molar-refractivity contribution in [3.8, 4) is 0 Å². The van der Waals surface area contributed by atoms with E-state index in [4.69, 9.17) is 9.84 Å². The fourth-order valence-corrected chi connectivity index (χ4v) is 2.78. The molecule has 2 atom stereocenters. The smallest absolute Gasteiger partial charge is 0.311 e. The minimum absolute atomic E-state index is 0.0783. The van der Waals surface area contributed by atoms with E-state index in [2.05, 4.69) is 5.32 Å². The van der Waals surface area contributed by atoms with Crippen molar-refractivity contribution in [3.05, 3.63) is 35.9 Å². The van der Waals surface area contributed by atoms with Gasteiger partial charge in [0.05, 0.1) is 24.7 Å². The van der Waals surface area contributed by atoms with E-state index in [0.717, 1.165) is 18.4 Å². The molecule has 1 aliphatic carbocycles. The first-order valence-electron chi connectivity index (χ1n) is 6.80. The van der Waals surface area contributed by atoms with Crippen LogP contribution in [-0.4, -0.2) is 36.2 Å². The van der Waals surface area contributed by atoms with Gasteiger partial charge < -0.3 is 15.2 Å². The van der Waals surface area contributed by atoms with Gasteiger partial charge in [0, 0.05) is 0 Å². The third-order valence-electron chi connectivity index (χ3n) is 4.23. The Morgan fingerprint density at radius 1 is 1.20 bits per heavy atom. The Hall–Kier alpha value is -1.88. The summed E-state index contributed by atoms with van der Waals surface area (Å²) in [7, 11) is 0. The average Bonchev–Trinajstić information content (AvgIpc) is 3.14. The Bertz CT molecular complexity index is 524. The zero-order chi connectivity index (χ0) is 14.2. The van der Waals surface area contributed by atoms with E-state index in [0.29, 0.717) is 0 Å². The van der Waals surface area contributed by atoms with Crippen molar-refractivity contribution >= 4 is 11.9 Å². The number of benzene rings is 1. The van der Waals surface area contributed by atoms with E-state index < -0.39 is 23.3 Å². The van der Waals surface area contributed by atoms with Crippen molar-refractivity contribution in [2.24, 2.45) is 5.92 Å². The van der Waals surface area contributed by atoms with Crippen LogP contribution in [0.15, 0.2) is 30.3 Å². The Balaban J connectivity index is 1.72. The molecule has 1 amide bonds. The highest BCUT2D eigenvalue weighted by atomic mass is 16.5. The van der Waals surface area contributed by atoms with Gasteiger partial charge >= 0.3 is 5.97 Å². The monoisotopic (exact) mass is 275 g/mol. The Labute approximate surface area is 116 Å². The topological polar surface area (TPSA) is 75.6 Å². The number of carboxylic acid groups (broad SMARTS) is 1. The van der Waals surface area contributed by atoms with E-state index in [1.165, 1.54) is 0 Å². The van der Waals surface area contributed by atoms with Crippen LogP contribution in [0, 0.1) is 5.92 Å². The quantitative estimate of drug-likeness (QED) is 0.857. The fourth-order valence-electron chi connectivity index (χ4n) is 2.78. The molecule has 1 saturated heterocycles. The lowest BCUT2D eigenvalue weighted by Crippen LogP contribution is -2.46. The maximum atomic E-state index is 12.5. The van der Waals surface area contributed by atoms with Crippen molar-refractivity contribution in [1.82, 2.24) is 5.32 Å². The lowest BCUT2D eigenvalue weighted by atomic mass is 9.94. The average molecular weight is 275 g/mol. The molecule has 1 aromatic rings. The second-order valence-electron chi connectivity index (χ2n) is 5.51. The molecule has 0 spiro atoms. The summed E-state index contributed by atoms with van der Waals surface area (Å²) in [4.78, 5) is 23.6. The summed E-state index contributed by atoms with van der Waals surface area (Å²) >= 11 is 0. The number of carbonyl (C=O) groups excluding carboxylic acids is 1. The van der Waals surface area contributed by atoms with Gasteiger partial charge in [-0.05, 0) is 18.4 Å². The lowest BCUT2D eigenvalue weighted by Gasteiger charge is -2.21. The number of ether oxygens (including phenoxy) is 1. The van der Waals surface area contributed by atoms with E-state index in [1.54, 1.807) is 0 Å². The first-order chi connectivity index (χ1) is 9.63. The second-order valence-corrected chi connectivity index (χ2v) is 5.51. The van der Waals surface area contributed by atoms with Crippen LogP contribution in [0.4, 0.5) is 0 Å². The Kier molecular flexibility index (Phi) is 3.22. The molecule has 1 saturated carbocycles. The van der Waals surface area contributed by atoms with E-state index in [9.17, 15) is 9.59 Å². The summed E-state index contributed by atoms with van der Waals surface area (Å²) in [6.45, 7) is 0.437. The Morgan fingerprint density at radius 2 is 1.90 bits per heavy atom. The zero-order valence-corrected chi connectivity index (χ0v) is 11.0. The number of amides is 1. The molecule has 3 rings (SSSR count). The number of carboxylic acids is 1. The van der Waals surface area contributed by atoms with Crippen molar-refractivity contribution in [2.45, 2.75) is 24.3 Å². The number of nitrogens with one attached hydrogen (secondary N) is 1. The number of hydrogen-bond acceptors (Lipinski definition) is 3. The minimum atomic E-state index is -0.919. The van der Waals surface area contributed by atoms with Gasteiger partial charge in [0.2, 0.25) is 5.91 Å². The standard InChI is InChI=1S/C15H17NO4/c17-13(18)11-8-20-9-12(11)16-14(19)15(6-7-15)10-4-2-1-3-5-10/h1-5,11-12H,6-9H2,(H,16,19)(H,17,18). The van der Waals surface area contributed by atoms with Crippen LogP contribution in [0.25, 0.3) is 0 Å². The summed E-state index contributed by atoms with van der Waals surface area (Å²) < 4.78 is 5.18. The van der Waals surface area contributed by atoms with Crippen molar-refractivity contribution in [3.63, 3.8) is 0 Å². The minimum Gasteiger partial charge on any atom is -0.481 e. The van der Waals surface area contributed by atoms with E-state index in [-0.39, 0.29) is 19.1 Å². The molecule has 0 radical (unpaired) electrons. The molecule has 5 nitrogen and oxygen atoms in total. The van der Waals surface area contributed by atoms with E-state index in [1.807, 2.05) is 30.3 Å². The van der Waals surface area contributed by atoms with Gasteiger partial charge in [-0.15, -0.1) is 0 Å². The molecule has 1 heterocycles. The van der Waals surface area contributed by atoms with Crippen LogP contribution in [0.2, 0.25) is 0 Å². The molecule has 2 unspecified atom stereocenters. The SMILES string of the molecule is O=C(O)C1COCC1NC(=O)C1(c2ccccc2)CC1. The van der Waals surface area contributed by atoms with Crippen LogP contribution >= 0.6 is 0 Å². The number of rotatable bonds is 4. The first-order valence-corrected chi connectivity index (χ1v) is 6.80. The molecule has 2 fully saturated rings. The predicted molar refractivity (Wildman–Crippen MR) is 71.2 cm³/mol. The third kappa shape index (κ3) is 2.18. The van der Waals surface area contributed by atoms with Crippen molar-refractivity contribution in [1.29, 1.82) is 0 Å². The van der Waals surface area contributed by atoms with Gasteiger partial charge in [0.25, 0.3) is 0 Å². The van der Waals surface area contributed by atoms with E-state index >= 15 is 0 Å². The van der Waals surface area contributed by atoms with Gasteiger partial charge in [0.15, 0.2) is 0 Å². The van der Waals surface area contributed by atoms with Gasteiger partial charge in [-0.2, -0.15) is 0 Å². The zero-order valence-electron chi connectivity index (χ0n) is 11.0.